The van der Waals surface area contributed by atoms with E-state index in [0.29, 0.717) is 11.1 Å². The van der Waals surface area contributed by atoms with Crippen LogP contribution < -0.4 is 0 Å². The largest absolute Gasteiger partial charge is 0.478 e. The van der Waals surface area contributed by atoms with Gasteiger partial charge in [-0.3, -0.25) is 0 Å². The average Bonchev–Trinajstić information content (AvgIpc) is 2.54. The molecule has 0 aromatic heterocycles. The number of aliphatic hydroxyl groups is 2. The van der Waals surface area contributed by atoms with Crippen LogP contribution in [-0.4, -0.2) is 32.4 Å². The predicted molar refractivity (Wildman–Crippen MR) is 81.3 cm³/mol. The predicted octanol–water partition coefficient (Wildman–Crippen LogP) is 2.02. The van der Waals surface area contributed by atoms with Crippen molar-refractivity contribution in [3.05, 3.63) is 70.8 Å². The summed E-state index contributed by atoms with van der Waals surface area (Å²) < 4.78 is 0. The van der Waals surface area contributed by atoms with Gasteiger partial charge < -0.3 is 20.4 Å². The maximum atomic E-state index is 10.8. The Hall–Kier alpha value is -2.70. The van der Waals surface area contributed by atoms with Crippen LogP contribution in [0.15, 0.2) is 48.5 Å². The summed E-state index contributed by atoms with van der Waals surface area (Å²) in [7, 11) is 0. The van der Waals surface area contributed by atoms with Gasteiger partial charge in [-0.05, 0) is 42.3 Å². The minimum atomic E-state index is -1.66. The van der Waals surface area contributed by atoms with Gasteiger partial charge in [-0.15, -0.1) is 0 Å². The number of carboxylic acids is 2. The zero-order valence-electron chi connectivity index (χ0n) is 12.3. The molecule has 0 bridgehead atoms. The van der Waals surface area contributed by atoms with Crippen molar-refractivity contribution in [2.75, 3.05) is 0 Å². The molecule has 2 atom stereocenters. The van der Waals surface area contributed by atoms with Gasteiger partial charge in [-0.25, -0.2) is 9.59 Å². The molecule has 2 unspecified atom stereocenters. The van der Waals surface area contributed by atoms with Crippen molar-refractivity contribution in [3.8, 4) is 0 Å². The van der Waals surface area contributed by atoms with E-state index in [2.05, 4.69) is 0 Å². The molecule has 0 aliphatic rings. The normalized spacial score (nSPS) is 14.7. The van der Waals surface area contributed by atoms with Crippen LogP contribution in [0, 0.1) is 0 Å². The lowest BCUT2D eigenvalue weighted by Gasteiger charge is -2.30. The van der Waals surface area contributed by atoms with Gasteiger partial charge in [0.25, 0.3) is 0 Å². The second kappa shape index (κ2) is 6.20. The van der Waals surface area contributed by atoms with E-state index in [4.69, 9.17) is 10.2 Å². The molecule has 0 heterocycles. The van der Waals surface area contributed by atoms with Crippen molar-refractivity contribution in [3.63, 3.8) is 0 Å². The second-order valence-corrected chi connectivity index (χ2v) is 5.36. The molecule has 0 aliphatic heterocycles. The highest BCUT2D eigenvalue weighted by molar-refractivity contribution is 5.88. The first kappa shape index (κ1) is 16.7. The van der Waals surface area contributed by atoms with Crippen molar-refractivity contribution < 1.29 is 30.0 Å². The highest BCUT2D eigenvalue weighted by atomic mass is 16.4. The summed E-state index contributed by atoms with van der Waals surface area (Å²) in [6, 6.07) is 11.1. The lowest BCUT2D eigenvalue weighted by molar-refractivity contribution is -0.0690. The molecule has 2 aromatic rings. The molecule has 0 saturated heterocycles. The van der Waals surface area contributed by atoms with E-state index in [0.717, 1.165) is 0 Å². The molecule has 0 amide bonds. The summed E-state index contributed by atoms with van der Waals surface area (Å²) in [6.45, 7) is 1.40. The fourth-order valence-corrected chi connectivity index (χ4v) is 2.24. The Bertz CT molecular complexity index is 716. The molecule has 0 fully saturated rings. The number of hydrogen-bond donors (Lipinski definition) is 4. The molecule has 23 heavy (non-hydrogen) atoms. The Balaban J connectivity index is 2.30. The van der Waals surface area contributed by atoms with Crippen molar-refractivity contribution in [2.45, 2.75) is 18.6 Å². The van der Waals surface area contributed by atoms with Gasteiger partial charge >= 0.3 is 11.9 Å². The first-order valence-electron chi connectivity index (χ1n) is 6.81. The van der Waals surface area contributed by atoms with E-state index in [1.165, 1.54) is 55.5 Å². The summed E-state index contributed by atoms with van der Waals surface area (Å²) in [5, 5.41) is 38.7. The summed E-state index contributed by atoms with van der Waals surface area (Å²) in [4.78, 5) is 21.7. The SMILES string of the molecule is CC(O)(c1ccc(C(=O)O)cc1)C(O)c1ccc(C(=O)O)cc1. The van der Waals surface area contributed by atoms with E-state index < -0.39 is 23.6 Å². The van der Waals surface area contributed by atoms with Gasteiger partial charge in [0.15, 0.2) is 0 Å². The van der Waals surface area contributed by atoms with Gasteiger partial charge in [-0.1, -0.05) is 24.3 Å². The average molecular weight is 316 g/mol. The number of aliphatic hydroxyl groups excluding tert-OH is 1. The van der Waals surface area contributed by atoms with Crippen molar-refractivity contribution in [1.82, 2.24) is 0 Å². The number of aromatic carboxylic acids is 2. The van der Waals surface area contributed by atoms with Crippen LogP contribution >= 0.6 is 0 Å². The van der Waals surface area contributed by atoms with E-state index in [1.807, 2.05) is 0 Å². The molecule has 6 heteroatoms. The third-order valence-electron chi connectivity index (χ3n) is 3.72. The number of benzene rings is 2. The van der Waals surface area contributed by atoms with Crippen LogP contribution in [0.1, 0.15) is 44.9 Å². The molecule has 0 aliphatic carbocycles. The topological polar surface area (TPSA) is 115 Å². The minimum Gasteiger partial charge on any atom is -0.478 e. The molecule has 120 valence electrons. The zero-order chi connectivity index (χ0) is 17.2. The van der Waals surface area contributed by atoms with E-state index in [1.54, 1.807) is 0 Å². The van der Waals surface area contributed by atoms with Gasteiger partial charge in [0.05, 0.1) is 11.1 Å². The maximum absolute atomic E-state index is 10.8. The molecule has 2 rings (SSSR count). The van der Waals surface area contributed by atoms with Gasteiger partial charge in [0.1, 0.15) is 11.7 Å². The van der Waals surface area contributed by atoms with Crippen LogP contribution in [0.25, 0.3) is 0 Å². The third kappa shape index (κ3) is 3.39. The van der Waals surface area contributed by atoms with Crippen LogP contribution in [0.3, 0.4) is 0 Å². The van der Waals surface area contributed by atoms with Crippen molar-refractivity contribution in [2.24, 2.45) is 0 Å². The molecular weight excluding hydrogens is 300 g/mol. The van der Waals surface area contributed by atoms with Crippen LogP contribution in [-0.2, 0) is 5.60 Å². The molecular formula is C17H16O6. The van der Waals surface area contributed by atoms with Crippen molar-refractivity contribution in [1.29, 1.82) is 0 Å². The molecule has 0 saturated carbocycles. The number of carboxylic acid groups (broad SMARTS) is 2. The molecule has 4 N–H and O–H groups in total. The monoisotopic (exact) mass is 316 g/mol. The minimum absolute atomic E-state index is 0.0739. The van der Waals surface area contributed by atoms with Crippen LogP contribution in [0.4, 0.5) is 0 Å². The first-order valence-corrected chi connectivity index (χ1v) is 6.81. The molecule has 6 nitrogen and oxygen atoms in total. The summed E-state index contributed by atoms with van der Waals surface area (Å²) in [5.74, 6) is -2.16. The number of rotatable bonds is 5. The van der Waals surface area contributed by atoms with Crippen molar-refractivity contribution >= 4 is 11.9 Å². The third-order valence-corrected chi connectivity index (χ3v) is 3.72. The zero-order valence-corrected chi connectivity index (χ0v) is 12.3. The smallest absolute Gasteiger partial charge is 0.335 e. The quantitative estimate of drug-likeness (QED) is 0.671. The highest BCUT2D eigenvalue weighted by Crippen LogP contribution is 2.35. The lowest BCUT2D eigenvalue weighted by atomic mass is 9.85. The summed E-state index contributed by atoms with van der Waals surface area (Å²) >= 11 is 0. The number of carbonyl (C=O) groups is 2. The van der Waals surface area contributed by atoms with Gasteiger partial charge in [0.2, 0.25) is 0 Å². The second-order valence-electron chi connectivity index (χ2n) is 5.36. The Morgan fingerprint density at radius 3 is 1.65 bits per heavy atom. The fraction of sp³-hybridized carbons (Fsp3) is 0.176. The maximum Gasteiger partial charge on any atom is 0.335 e. The van der Waals surface area contributed by atoms with E-state index >= 15 is 0 Å². The first-order chi connectivity index (χ1) is 10.7. The number of hydrogen-bond acceptors (Lipinski definition) is 4. The summed E-state index contributed by atoms with van der Waals surface area (Å²) in [6.07, 6.45) is -1.30. The van der Waals surface area contributed by atoms with Gasteiger partial charge in [0, 0.05) is 0 Å². The highest BCUT2D eigenvalue weighted by Gasteiger charge is 2.33. The van der Waals surface area contributed by atoms with E-state index in [-0.39, 0.29) is 11.1 Å². The Morgan fingerprint density at radius 2 is 1.26 bits per heavy atom. The standard InChI is InChI=1S/C17H16O6/c1-17(23,13-8-6-12(7-9-13)16(21)22)14(18)10-2-4-11(5-3-10)15(19)20/h2-9,14,18,23H,1H3,(H,19,20)(H,21,22). The molecule has 2 aromatic carbocycles. The molecule has 0 radical (unpaired) electrons. The fourth-order valence-electron chi connectivity index (χ4n) is 2.24. The van der Waals surface area contributed by atoms with Crippen LogP contribution in [0.2, 0.25) is 0 Å². The lowest BCUT2D eigenvalue weighted by Crippen LogP contribution is -2.30. The van der Waals surface area contributed by atoms with E-state index in [9.17, 15) is 19.8 Å². The summed E-state index contributed by atoms with van der Waals surface area (Å²) in [5.41, 5.74) is -0.822. The Kier molecular flexibility index (Phi) is 4.49. The van der Waals surface area contributed by atoms with Gasteiger partial charge in [-0.2, -0.15) is 0 Å². The molecule has 0 spiro atoms. The Morgan fingerprint density at radius 1 is 0.870 bits per heavy atom. The Labute approximate surface area is 132 Å². The van der Waals surface area contributed by atoms with Crippen LogP contribution in [0.5, 0.6) is 0 Å².